The molecule has 0 bridgehead atoms. The molecule has 1 amide bonds. The van der Waals surface area contributed by atoms with Gasteiger partial charge in [-0.05, 0) is 18.6 Å². The van der Waals surface area contributed by atoms with Crippen LogP contribution in [0.25, 0.3) is 0 Å². The Kier molecular flexibility index (Phi) is 3.04. The van der Waals surface area contributed by atoms with Crippen molar-refractivity contribution in [2.45, 2.75) is 13.0 Å². The predicted molar refractivity (Wildman–Crippen MR) is 63.1 cm³/mol. The molecule has 2 aromatic rings. The third-order valence-electron chi connectivity index (χ3n) is 2.43. The minimum atomic E-state index is -0.281. The number of carbonyl (C=O) groups is 1. The van der Waals surface area contributed by atoms with Crippen LogP contribution < -0.4 is 11.1 Å². The van der Waals surface area contributed by atoms with E-state index >= 15 is 0 Å². The van der Waals surface area contributed by atoms with Gasteiger partial charge in [-0.1, -0.05) is 6.07 Å². The van der Waals surface area contributed by atoms with Crippen molar-refractivity contribution < 1.29 is 4.79 Å². The van der Waals surface area contributed by atoms with E-state index in [1.54, 1.807) is 12.4 Å². The Balaban J connectivity index is 2.08. The standard InChI is InChI=1S/C11H13N5O/c1-7(8-3-2-4-13-5-8)15-11(17)10-9(12)6-14-16-10/h2-7H,12H2,1H3,(H,14,16)(H,15,17). The van der Waals surface area contributed by atoms with E-state index in [4.69, 9.17) is 5.73 Å². The van der Waals surface area contributed by atoms with Crippen LogP contribution in [-0.4, -0.2) is 21.1 Å². The van der Waals surface area contributed by atoms with Crippen molar-refractivity contribution in [3.63, 3.8) is 0 Å². The minimum Gasteiger partial charge on any atom is -0.396 e. The molecule has 0 spiro atoms. The summed E-state index contributed by atoms with van der Waals surface area (Å²) in [7, 11) is 0. The Hall–Kier alpha value is -2.37. The molecule has 2 rings (SSSR count). The molecule has 0 fully saturated rings. The molecule has 0 aliphatic carbocycles. The second-order valence-electron chi connectivity index (χ2n) is 3.68. The van der Waals surface area contributed by atoms with E-state index in [-0.39, 0.29) is 17.6 Å². The molecule has 1 atom stereocenters. The maximum absolute atomic E-state index is 11.8. The van der Waals surface area contributed by atoms with Gasteiger partial charge in [-0.15, -0.1) is 0 Å². The number of hydrogen-bond donors (Lipinski definition) is 3. The van der Waals surface area contributed by atoms with Crippen molar-refractivity contribution in [3.05, 3.63) is 42.0 Å². The quantitative estimate of drug-likeness (QED) is 0.730. The summed E-state index contributed by atoms with van der Waals surface area (Å²) in [5, 5.41) is 9.07. The zero-order chi connectivity index (χ0) is 12.3. The van der Waals surface area contributed by atoms with E-state index in [0.29, 0.717) is 5.69 Å². The second-order valence-corrected chi connectivity index (χ2v) is 3.68. The van der Waals surface area contributed by atoms with Gasteiger partial charge >= 0.3 is 0 Å². The van der Waals surface area contributed by atoms with Gasteiger partial charge in [-0.2, -0.15) is 5.10 Å². The number of pyridine rings is 1. The number of H-pyrrole nitrogens is 1. The Labute approximate surface area is 98.3 Å². The molecule has 0 aliphatic heterocycles. The summed E-state index contributed by atoms with van der Waals surface area (Å²) in [5.74, 6) is -0.281. The minimum absolute atomic E-state index is 0.140. The van der Waals surface area contributed by atoms with Gasteiger partial charge in [-0.25, -0.2) is 0 Å². The fraction of sp³-hybridized carbons (Fsp3) is 0.182. The second kappa shape index (κ2) is 4.65. The summed E-state index contributed by atoms with van der Waals surface area (Å²) in [5.41, 5.74) is 7.13. The van der Waals surface area contributed by atoms with E-state index in [2.05, 4.69) is 20.5 Å². The number of aromatic amines is 1. The zero-order valence-corrected chi connectivity index (χ0v) is 9.34. The van der Waals surface area contributed by atoms with Crippen LogP contribution in [0.3, 0.4) is 0 Å². The van der Waals surface area contributed by atoms with E-state index < -0.39 is 0 Å². The first-order chi connectivity index (χ1) is 8.18. The van der Waals surface area contributed by atoms with E-state index in [9.17, 15) is 4.79 Å². The Morgan fingerprint density at radius 2 is 2.35 bits per heavy atom. The highest BCUT2D eigenvalue weighted by Gasteiger charge is 2.15. The lowest BCUT2D eigenvalue weighted by atomic mass is 10.1. The van der Waals surface area contributed by atoms with Crippen LogP contribution in [0.4, 0.5) is 5.69 Å². The number of aromatic nitrogens is 3. The van der Waals surface area contributed by atoms with Crippen LogP contribution in [0.2, 0.25) is 0 Å². The monoisotopic (exact) mass is 231 g/mol. The Bertz CT molecular complexity index is 508. The fourth-order valence-corrected chi connectivity index (χ4v) is 1.46. The van der Waals surface area contributed by atoms with Crippen LogP contribution >= 0.6 is 0 Å². The maximum atomic E-state index is 11.8. The van der Waals surface area contributed by atoms with E-state index in [0.717, 1.165) is 5.56 Å². The molecule has 2 aromatic heterocycles. The van der Waals surface area contributed by atoms with Crippen molar-refractivity contribution in [1.82, 2.24) is 20.5 Å². The maximum Gasteiger partial charge on any atom is 0.271 e. The number of amides is 1. The number of carbonyl (C=O) groups excluding carboxylic acids is 1. The summed E-state index contributed by atoms with van der Waals surface area (Å²) in [6.07, 6.45) is 4.80. The van der Waals surface area contributed by atoms with Crippen molar-refractivity contribution in [3.8, 4) is 0 Å². The summed E-state index contributed by atoms with van der Waals surface area (Å²) in [6, 6.07) is 3.58. The fourth-order valence-electron chi connectivity index (χ4n) is 1.46. The smallest absolute Gasteiger partial charge is 0.271 e. The number of hydrogen-bond acceptors (Lipinski definition) is 4. The third kappa shape index (κ3) is 2.41. The van der Waals surface area contributed by atoms with Crippen molar-refractivity contribution >= 4 is 11.6 Å². The summed E-state index contributed by atoms with van der Waals surface area (Å²) in [4.78, 5) is 15.8. The lowest BCUT2D eigenvalue weighted by Crippen LogP contribution is -2.27. The lowest BCUT2D eigenvalue weighted by molar-refractivity contribution is 0.0935. The molecule has 1 unspecified atom stereocenters. The Morgan fingerprint density at radius 3 is 2.94 bits per heavy atom. The van der Waals surface area contributed by atoms with Gasteiger partial charge < -0.3 is 11.1 Å². The van der Waals surface area contributed by atoms with Gasteiger partial charge in [0.1, 0.15) is 5.69 Å². The van der Waals surface area contributed by atoms with Crippen LogP contribution in [0, 0.1) is 0 Å². The topological polar surface area (TPSA) is 96.7 Å². The van der Waals surface area contributed by atoms with Crippen molar-refractivity contribution in [2.24, 2.45) is 0 Å². The number of rotatable bonds is 3. The molecule has 0 saturated heterocycles. The summed E-state index contributed by atoms with van der Waals surface area (Å²) in [6.45, 7) is 1.88. The van der Waals surface area contributed by atoms with Crippen LogP contribution in [-0.2, 0) is 0 Å². The summed E-state index contributed by atoms with van der Waals surface area (Å²) >= 11 is 0. The highest BCUT2D eigenvalue weighted by atomic mass is 16.2. The molecule has 4 N–H and O–H groups in total. The number of nitrogens with two attached hydrogens (primary N) is 1. The molecule has 6 nitrogen and oxygen atoms in total. The van der Waals surface area contributed by atoms with Gasteiger partial charge in [-0.3, -0.25) is 14.9 Å². The van der Waals surface area contributed by atoms with E-state index in [1.165, 1.54) is 6.20 Å². The lowest BCUT2D eigenvalue weighted by Gasteiger charge is -2.13. The molecular weight excluding hydrogens is 218 g/mol. The summed E-state index contributed by atoms with van der Waals surface area (Å²) < 4.78 is 0. The first-order valence-corrected chi connectivity index (χ1v) is 5.18. The SMILES string of the molecule is CC(NC(=O)c1[nH]ncc1N)c1cccnc1. The number of nitrogens with zero attached hydrogens (tertiary/aromatic N) is 2. The van der Waals surface area contributed by atoms with Gasteiger partial charge in [0.25, 0.3) is 5.91 Å². The highest BCUT2D eigenvalue weighted by Crippen LogP contribution is 2.12. The number of nitrogens with one attached hydrogen (secondary N) is 2. The number of nitrogen functional groups attached to an aromatic ring is 1. The molecule has 6 heteroatoms. The molecule has 88 valence electrons. The normalized spacial score (nSPS) is 12.1. The molecule has 0 aliphatic rings. The molecule has 0 aromatic carbocycles. The molecular formula is C11H13N5O. The first-order valence-electron chi connectivity index (χ1n) is 5.18. The van der Waals surface area contributed by atoms with Crippen LogP contribution in [0.15, 0.2) is 30.7 Å². The van der Waals surface area contributed by atoms with Crippen LogP contribution in [0.1, 0.15) is 29.0 Å². The predicted octanol–water partition coefficient (Wildman–Crippen LogP) is 0.878. The van der Waals surface area contributed by atoms with Gasteiger partial charge in [0, 0.05) is 12.4 Å². The Morgan fingerprint density at radius 1 is 1.53 bits per heavy atom. The largest absolute Gasteiger partial charge is 0.396 e. The molecule has 0 saturated carbocycles. The van der Waals surface area contributed by atoms with Crippen molar-refractivity contribution in [1.29, 1.82) is 0 Å². The van der Waals surface area contributed by atoms with Gasteiger partial charge in [0.2, 0.25) is 0 Å². The van der Waals surface area contributed by atoms with Gasteiger partial charge in [0.05, 0.1) is 17.9 Å². The van der Waals surface area contributed by atoms with Crippen molar-refractivity contribution in [2.75, 3.05) is 5.73 Å². The molecule has 0 radical (unpaired) electrons. The average molecular weight is 231 g/mol. The zero-order valence-electron chi connectivity index (χ0n) is 9.34. The first kappa shape index (κ1) is 11.1. The average Bonchev–Trinajstić information content (AvgIpc) is 2.76. The molecule has 2 heterocycles. The third-order valence-corrected chi connectivity index (χ3v) is 2.43. The van der Waals surface area contributed by atoms with Gasteiger partial charge in [0.15, 0.2) is 0 Å². The molecule has 17 heavy (non-hydrogen) atoms. The number of anilines is 1. The highest BCUT2D eigenvalue weighted by molar-refractivity contribution is 5.97. The van der Waals surface area contributed by atoms with Crippen LogP contribution in [0.5, 0.6) is 0 Å². The van der Waals surface area contributed by atoms with E-state index in [1.807, 2.05) is 19.1 Å².